The lowest BCUT2D eigenvalue weighted by atomic mass is 10.1. The molecule has 22 heavy (non-hydrogen) atoms. The zero-order chi connectivity index (χ0) is 16.8. The topological polar surface area (TPSA) is 55.4 Å². The van der Waals surface area contributed by atoms with E-state index in [1.54, 1.807) is 39.0 Å². The molecular formula is C16H22FNO3S. The third-order valence-electron chi connectivity index (χ3n) is 2.63. The zero-order valence-electron chi connectivity index (χ0n) is 13.3. The molecule has 1 amide bonds. The van der Waals surface area contributed by atoms with Crippen molar-refractivity contribution in [3.63, 3.8) is 0 Å². The van der Waals surface area contributed by atoms with Gasteiger partial charge in [-0.1, -0.05) is 30.0 Å². The van der Waals surface area contributed by atoms with Crippen molar-refractivity contribution in [2.45, 2.75) is 45.8 Å². The predicted octanol–water partition coefficient (Wildman–Crippen LogP) is 3.54. The lowest BCUT2D eigenvalue weighted by molar-refractivity contribution is -0.109. The molecule has 1 aromatic carbocycles. The van der Waals surface area contributed by atoms with Crippen LogP contribution in [0.5, 0.6) is 0 Å². The van der Waals surface area contributed by atoms with Crippen LogP contribution < -0.4 is 5.32 Å². The molecule has 1 unspecified atom stereocenters. The highest BCUT2D eigenvalue weighted by Gasteiger charge is 2.21. The number of hydrogen-bond acceptors (Lipinski definition) is 4. The van der Waals surface area contributed by atoms with Crippen LogP contribution in [-0.4, -0.2) is 28.6 Å². The van der Waals surface area contributed by atoms with Crippen LogP contribution in [0.15, 0.2) is 24.3 Å². The van der Waals surface area contributed by atoms with E-state index in [1.807, 2.05) is 0 Å². The van der Waals surface area contributed by atoms with Gasteiger partial charge in [0.2, 0.25) is 0 Å². The number of carbonyl (C=O) groups is 2. The van der Waals surface area contributed by atoms with Gasteiger partial charge in [0.1, 0.15) is 11.4 Å². The van der Waals surface area contributed by atoms with Crippen LogP contribution in [0.1, 0.15) is 33.3 Å². The van der Waals surface area contributed by atoms with Crippen LogP contribution in [0.25, 0.3) is 0 Å². The highest BCUT2D eigenvalue weighted by Crippen LogP contribution is 2.14. The molecule has 1 rings (SSSR count). The molecule has 1 aromatic rings. The van der Waals surface area contributed by atoms with Crippen molar-refractivity contribution in [3.8, 4) is 0 Å². The first-order valence-electron chi connectivity index (χ1n) is 7.03. The largest absolute Gasteiger partial charge is 0.444 e. The highest BCUT2D eigenvalue weighted by atomic mass is 32.2. The van der Waals surface area contributed by atoms with Gasteiger partial charge in [-0.3, -0.25) is 4.79 Å². The fraction of sp³-hybridized carbons (Fsp3) is 0.500. The molecule has 0 saturated heterocycles. The van der Waals surface area contributed by atoms with Gasteiger partial charge in [-0.15, -0.1) is 0 Å². The van der Waals surface area contributed by atoms with Crippen molar-refractivity contribution in [3.05, 3.63) is 35.6 Å². The third kappa shape index (κ3) is 7.45. The Kier molecular flexibility index (Phi) is 6.87. The highest BCUT2D eigenvalue weighted by molar-refractivity contribution is 8.13. The molecule has 0 radical (unpaired) electrons. The van der Waals surface area contributed by atoms with E-state index in [0.29, 0.717) is 17.7 Å². The van der Waals surface area contributed by atoms with Crippen LogP contribution in [0, 0.1) is 5.82 Å². The number of amides is 1. The van der Waals surface area contributed by atoms with Gasteiger partial charge in [0, 0.05) is 18.7 Å². The van der Waals surface area contributed by atoms with Crippen LogP contribution in [-0.2, 0) is 16.0 Å². The summed E-state index contributed by atoms with van der Waals surface area (Å²) in [6.07, 6.45) is -0.273. The maximum Gasteiger partial charge on any atom is 0.407 e. The van der Waals surface area contributed by atoms with Crippen molar-refractivity contribution >= 4 is 23.0 Å². The minimum atomic E-state index is -0.611. The van der Waals surface area contributed by atoms with E-state index >= 15 is 0 Å². The standard InChI is InChI=1S/C16H22FNO3S/c1-11(19)22-10-13(18-15(20)21-16(2,3)4)9-12-7-5-6-8-14(12)17/h5-8,13H,9-10H2,1-4H3,(H,18,20). The van der Waals surface area contributed by atoms with Crippen LogP contribution in [0.3, 0.4) is 0 Å². The van der Waals surface area contributed by atoms with Gasteiger partial charge in [0.05, 0.1) is 0 Å². The second kappa shape index (κ2) is 8.17. The molecule has 0 bridgehead atoms. The molecule has 1 atom stereocenters. The van der Waals surface area contributed by atoms with Gasteiger partial charge >= 0.3 is 6.09 Å². The second-order valence-corrected chi connectivity index (χ2v) is 7.14. The predicted molar refractivity (Wildman–Crippen MR) is 86.4 cm³/mol. The smallest absolute Gasteiger partial charge is 0.407 e. The van der Waals surface area contributed by atoms with E-state index in [2.05, 4.69) is 5.32 Å². The van der Waals surface area contributed by atoms with Crippen LogP contribution in [0.2, 0.25) is 0 Å². The summed E-state index contributed by atoms with van der Waals surface area (Å²) < 4.78 is 18.9. The molecule has 6 heteroatoms. The molecule has 0 aliphatic carbocycles. The van der Waals surface area contributed by atoms with E-state index in [1.165, 1.54) is 13.0 Å². The Hall–Kier alpha value is -1.56. The molecule has 0 spiro atoms. The SMILES string of the molecule is CC(=O)SCC(Cc1ccccc1F)NC(=O)OC(C)(C)C. The van der Waals surface area contributed by atoms with E-state index in [9.17, 15) is 14.0 Å². The normalized spacial score (nSPS) is 12.6. The van der Waals surface area contributed by atoms with Crippen molar-refractivity contribution in [2.75, 3.05) is 5.75 Å². The van der Waals surface area contributed by atoms with E-state index in [0.717, 1.165) is 11.8 Å². The number of nitrogens with one attached hydrogen (secondary N) is 1. The summed E-state index contributed by atoms with van der Waals surface area (Å²) in [6.45, 7) is 6.76. The Bertz CT molecular complexity index is 528. The van der Waals surface area contributed by atoms with Gasteiger partial charge in [-0.25, -0.2) is 9.18 Å². The summed E-state index contributed by atoms with van der Waals surface area (Å²) in [7, 11) is 0. The van der Waals surface area contributed by atoms with Gasteiger partial charge in [0.15, 0.2) is 5.12 Å². The Labute approximate surface area is 134 Å². The quantitative estimate of drug-likeness (QED) is 0.899. The summed E-state index contributed by atoms with van der Waals surface area (Å²) in [4.78, 5) is 23.0. The summed E-state index contributed by atoms with van der Waals surface area (Å²) in [5.41, 5.74) is -0.118. The molecule has 4 nitrogen and oxygen atoms in total. The Balaban J connectivity index is 2.73. The number of halogens is 1. The molecule has 0 aliphatic rings. The van der Waals surface area contributed by atoms with Crippen LogP contribution in [0.4, 0.5) is 9.18 Å². The van der Waals surface area contributed by atoms with Crippen molar-refractivity contribution in [2.24, 2.45) is 0 Å². The Morgan fingerprint density at radius 1 is 1.32 bits per heavy atom. The van der Waals surface area contributed by atoms with Gasteiger partial charge in [-0.05, 0) is 38.8 Å². The lowest BCUT2D eigenvalue weighted by Crippen LogP contribution is -2.41. The molecule has 0 aliphatic heterocycles. The summed E-state index contributed by atoms with van der Waals surface area (Å²) in [5, 5.41) is 2.65. The molecule has 0 fully saturated rings. The van der Waals surface area contributed by atoms with E-state index in [-0.39, 0.29) is 17.0 Å². The number of rotatable bonds is 5. The minimum absolute atomic E-state index is 0.0514. The molecule has 0 aromatic heterocycles. The number of ether oxygens (including phenoxy) is 1. The maximum atomic E-state index is 13.7. The average Bonchev–Trinajstić information content (AvgIpc) is 2.36. The second-order valence-electron chi connectivity index (χ2n) is 5.94. The van der Waals surface area contributed by atoms with Gasteiger partial charge in [-0.2, -0.15) is 0 Å². The number of benzene rings is 1. The summed E-state index contributed by atoms with van der Waals surface area (Å²) in [6, 6.07) is 6.00. The first-order valence-corrected chi connectivity index (χ1v) is 8.02. The molecule has 0 saturated carbocycles. The summed E-state index contributed by atoms with van der Waals surface area (Å²) in [5.74, 6) is 0.0365. The first kappa shape index (κ1) is 18.5. The fourth-order valence-electron chi connectivity index (χ4n) is 1.77. The van der Waals surface area contributed by atoms with E-state index in [4.69, 9.17) is 4.74 Å². The number of hydrogen-bond donors (Lipinski definition) is 1. The molecular weight excluding hydrogens is 305 g/mol. The summed E-state index contributed by atoms with van der Waals surface area (Å²) >= 11 is 1.09. The molecule has 1 N–H and O–H groups in total. The molecule has 122 valence electrons. The zero-order valence-corrected chi connectivity index (χ0v) is 14.1. The maximum absolute atomic E-state index is 13.7. The van der Waals surface area contributed by atoms with Crippen molar-refractivity contribution in [1.29, 1.82) is 0 Å². The van der Waals surface area contributed by atoms with Crippen molar-refractivity contribution in [1.82, 2.24) is 5.32 Å². The fourth-order valence-corrected chi connectivity index (χ4v) is 2.41. The first-order chi connectivity index (χ1) is 10.2. The third-order valence-corrected chi connectivity index (χ3v) is 3.61. The Morgan fingerprint density at radius 2 is 1.95 bits per heavy atom. The van der Waals surface area contributed by atoms with Gasteiger partial charge < -0.3 is 10.1 Å². The molecule has 0 heterocycles. The number of carbonyl (C=O) groups excluding carboxylic acids is 2. The van der Waals surface area contributed by atoms with Crippen LogP contribution >= 0.6 is 11.8 Å². The monoisotopic (exact) mass is 327 g/mol. The van der Waals surface area contributed by atoms with Gasteiger partial charge in [0.25, 0.3) is 0 Å². The number of alkyl carbamates (subject to hydrolysis) is 1. The number of thioether (sulfide) groups is 1. The lowest BCUT2D eigenvalue weighted by Gasteiger charge is -2.23. The minimum Gasteiger partial charge on any atom is -0.444 e. The average molecular weight is 327 g/mol. The van der Waals surface area contributed by atoms with Crippen molar-refractivity contribution < 1.29 is 18.7 Å². The van der Waals surface area contributed by atoms with E-state index < -0.39 is 11.7 Å². The Morgan fingerprint density at radius 3 is 2.50 bits per heavy atom.